The molecule has 7 heteroatoms. The zero-order valence-corrected chi connectivity index (χ0v) is 17.8. The highest BCUT2D eigenvalue weighted by atomic mass is 16.6. The van der Waals surface area contributed by atoms with E-state index < -0.39 is 24.3 Å². The average Bonchev–Trinajstić information content (AvgIpc) is 2.79. The molecule has 7 nitrogen and oxygen atoms in total. The first-order valence-corrected chi connectivity index (χ1v) is 9.88. The van der Waals surface area contributed by atoms with Gasteiger partial charge in [0.05, 0.1) is 27.4 Å². The number of hydrogen-bond acceptors (Lipinski definition) is 7. The van der Waals surface area contributed by atoms with Crippen LogP contribution < -0.4 is 9.47 Å². The van der Waals surface area contributed by atoms with Crippen molar-refractivity contribution in [1.82, 2.24) is 0 Å². The summed E-state index contributed by atoms with van der Waals surface area (Å²) in [5.74, 6) is 0.598. The predicted molar refractivity (Wildman–Crippen MR) is 113 cm³/mol. The smallest absolute Gasteiger partial charge is 0.303 e. The van der Waals surface area contributed by atoms with Crippen LogP contribution in [0.4, 0.5) is 0 Å². The fourth-order valence-electron chi connectivity index (χ4n) is 3.19. The standard InChI is InChI=1S/C24H26O7/c1-16(25)31-23-21(26)12-13-22(29-14-17-4-8-19(27-2)9-5-17)24(23)30-15-18-6-10-20(28-3)11-7-18/h4-13,22-24H,14-15H2,1-3H3/t22-,23+,24+/m0/s1. The molecular weight excluding hydrogens is 400 g/mol. The van der Waals surface area contributed by atoms with Gasteiger partial charge >= 0.3 is 5.97 Å². The maximum Gasteiger partial charge on any atom is 0.303 e. The van der Waals surface area contributed by atoms with Crippen molar-refractivity contribution in [3.63, 3.8) is 0 Å². The van der Waals surface area contributed by atoms with Gasteiger partial charge in [-0.3, -0.25) is 9.59 Å². The van der Waals surface area contributed by atoms with Gasteiger partial charge in [0.2, 0.25) is 0 Å². The maximum atomic E-state index is 12.4. The van der Waals surface area contributed by atoms with Crippen LogP contribution in [-0.2, 0) is 37.0 Å². The second kappa shape index (κ2) is 10.7. The Balaban J connectivity index is 1.72. The van der Waals surface area contributed by atoms with E-state index in [9.17, 15) is 9.59 Å². The fourth-order valence-corrected chi connectivity index (χ4v) is 3.19. The molecule has 1 aliphatic carbocycles. The fraction of sp³-hybridized carbons (Fsp3) is 0.333. The third-order valence-corrected chi connectivity index (χ3v) is 4.85. The van der Waals surface area contributed by atoms with Crippen LogP contribution in [0.25, 0.3) is 0 Å². The Bertz CT molecular complexity index is 903. The number of methoxy groups -OCH3 is 2. The highest BCUT2D eigenvalue weighted by Crippen LogP contribution is 2.23. The summed E-state index contributed by atoms with van der Waals surface area (Å²) in [7, 11) is 3.20. The van der Waals surface area contributed by atoms with Crippen molar-refractivity contribution < 1.29 is 33.3 Å². The van der Waals surface area contributed by atoms with E-state index in [1.165, 1.54) is 13.0 Å². The summed E-state index contributed by atoms with van der Waals surface area (Å²) < 4.78 is 27.7. The molecule has 0 fully saturated rings. The third-order valence-electron chi connectivity index (χ3n) is 4.85. The van der Waals surface area contributed by atoms with Gasteiger partial charge in [0.25, 0.3) is 0 Å². The quantitative estimate of drug-likeness (QED) is 0.570. The van der Waals surface area contributed by atoms with Crippen LogP contribution in [0.15, 0.2) is 60.7 Å². The van der Waals surface area contributed by atoms with E-state index in [2.05, 4.69) is 0 Å². The highest BCUT2D eigenvalue weighted by molar-refractivity contribution is 5.96. The van der Waals surface area contributed by atoms with Crippen LogP contribution in [0.5, 0.6) is 11.5 Å². The zero-order valence-electron chi connectivity index (χ0n) is 17.8. The Morgan fingerprint density at radius 1 is 0.839 bits per heavy atom. The second-order valence-corrected chi connectivity index (χ2v) is 7.04. The Kier molecular flexibility index (Phi) is 7.81. The minimum atomic E-state index is -1.07. The topological polar surface area (TPSA) is 80.3 Å². The van der Waals surface area contributed by atoms with Crippen molar-refractivity contribution in [2.75, 3.05) is 14.2 Å². The summed E-state index contributed by atoms with van der Waals surface area (Å²) in [6.07, 6.45) is 0.607. The molecule has 0 N–H and O–H groups in total. The van der Waals surface area contributed by atoms with Crippen molar-refractivity contribution in [2.24, 2.45) is 0 Å². The number of carbonyl (C=O) groups is 2. The molecule has 0 bridgehead atoms. The van der Waals surface area contributed by atoms with Crippen LogP contribution >= 0.6 is 0 Å². The summed E-state index contributed by atoms with van der Waals surface area (Å²) >= 11 is 0. The summed E-state index contributed by atoms with van der Waals surface area (Å²) in [5, 5.41) is 0. The number of benzene rings is 2. The molecule has 3 rings (SSSR count). The monoisotopic (exact) mass is 426 g/mol. The number of rotatable bonds is 9. The molecule has 0 saturated heterocycles. The number of hydrogen-bond donors (Lipinski definition) is 0. The van der Waals surface area contributed by atoms with Crippen LogP contribution in [0, 0.1) is 0 Å². The lowest BCUT2D eigenvalue weighted by molar-refractivity contribution is -0.172. The van der Waals surface area contributed by atoms with Gasteiger partial charge < -0.3 is 23.7 Å². The van der Waals surface area contributed by atoms with Gasteiger partial charge in [-0.05, 0) is 47.5 Å². The summed E-state index contributed by atoms with van der Waals surface area (Å²) in [6, 6.07) is 14.9. The van der Waals surface area contributed by atoms with Crippen LogP contribution in [0.2, 0.25) is 0 Å². The first-order chi connectivity index (χ1) is 15.0. The SMILES string of the molecule is COc1ccc(CO[C@@H]2[C@@H](OCc3ccc(OC)cc3)C=CC(=O)[C@H]2OC(C)=O)cc1. The molecule has 0 aromatic heterocycles. The first-order valence-electron chi connectivity index (χ1n) is 9.88. The lowest BCUT2D eigenvalue weighted by atomic mass is 9.96. The zero-order chi connectivity index (χ0) is 22.2. The Labute approximate surface area is 181 Å². The van der Waals surface area contributed by atoms with Gasteiger partial charge in [-0.1, -0.05) is 24.3 Å². The largest absolute Gasteiger partial charge is 0.497 e. The van der Waals surface area contributed by atoms with Crippen molar-refractivity contribution in [2.45, 2.75) is 38.4 Å². The molecule has 3 atom stereocenters. The predicted octanol–water partition coefficient (Wildman–Crippen LogP) is 3.25. The number of carbonyl (C=O) groups excluding carboxylic acids is 2. The van der Waals surface area contributed by atoms with E-state index in [0.717, 1.165) is 22.6 Å². The van der Waals surface area contributed by atoms with Gasteiger partial charge in [-0.15, -0.1) is 0 Å². The molecular formula is C24H26O7. The molecule has 0 heterocycles. The maximum absolute atomic E-state index is 12.4. The summed E-state index contributed by atoms with van der Waals surface area (Å²) in [6.45, 7) is 1.78. The molecule has 0 amide bonds. The molecule has 0 radical (unpaired) electrons. The molecule has 2 aromatic carbocycles. The molecule has 31 heavy (non-hydrogen) atoms. The van der Waals surface area contributed by atoms with Crippen molar-refractivity contribution >= 4 is 11.8 Å². The van der Waals surface area contributed by atoms with Crippen LogP contribution in [0.3, 0.4) is 0 Å². The van der Waals surface area contributed by atoms with E-state index >= 15 is 0 Å². The molecule has 0 aliphatic heterocycles. The molecule has 1 aliphatic rings. The van der Waals surface area contributed by atoms with E-state index in [0.29, 0.717) is 6.61 Å². The van der Waals surface area contributed by atoms with E-state index in [4.69, 9.17) is 23.7 Å². The highest BCUT2D eigenvalue weighted by Gasteiger charge is 2.39. The number of ether oxygens (including phenoxy) is 5. The molecule has 2 aromatic rings. The molecule has 0 saturated carbocycles. The van der Waals surface area contributed by atoms with Gasteiger partial charge in [0.15, 0.2) is 11.9 Å². The second-order valence-electron chi connectivity index (χ2n) is 7.04. The van der Waals surface area contributed by atoms with Crippen LogP contribution in [-0.4, -0.2) is 44.3 Å². The van der Waals surface area contributed by atoms with Gasteiger partial charge in [0, 0.05) is 6.92 Å². The molecule has 164 valence electrons. The average molecular weight is 426 g/mol. The van der Waals surface area contributed by atoms with E-state index in [1.807, 2.05) is 48.5 Å². The van der Waals surface area contributed by atoms with E-state index in [1.54, 1.807) is 20.3 Å². The molecule has 0 unspecified atom stereocenters. The van der Waals surface area contributed by atoms with Crippen molar-refractivity contribution in [3.8, 4) is 11.5 Å². The van der Waals surface area contributed by atoms with E-state index in [-0.39, 0.29) is 12.4 Å². The van der Waals surface area contributed by atoms with Crippen molar-refractivity contribution in [1.29, 1.82) is 0 Å². The number of esters is 1. The Morgan fingerprint density at radius 2 is 1.35 bits per heavy atom. The Hall–Kier alpha value is -3.16. The van der Waals surface area contributed by atoms with Crippen LogP contribution in [0.1, 0.15) is 18.1 Å². The summed E-state index contributed by atoms with van der Waals surface area (Å²) in [4.78, 5) is 24.0. The summed E-state index contributed by atoms with van der Waals surface area (Å²) in [5.41, 5.74) is 1.82. The van der Waals surface area contributed by atoms with Gasteiger partial charge in [-0.25, -0.2) is 0 Å². The molecule has 0 spiro atoms. The van der Waals surface area contributed by atoms with Gasteiger partial charge in [0.1, 0.15) is 23.7 Å². The number of ketones is 1. The Morgan fingerprint density at radius 3 is 1.84 bits per heavy atom. The normalized spacial score (nSPS) is 20.4. The minimum Gasteiger partial charge on any atom is -0.497 e. The lowest BCUT2D eigenvalue weighted by Crippen LogP contribution is -2.49. The third kappa shape index (κ3) is 6.16. The van der Waals surface area contributed by atoms with Gasteiger partial charge in [-0.2, -0.15) is 0 Å². The minimum absolute atomic E-state index is 0.218. The van der Waals surface area contributed by atoms with Crippen molar-refractivity contribution in [3.05, 3.63) is 71.8 Å². The lowest BCUT2D eigenvalue weighted by Gasteiger charge is -2.33. The first kappa shape index (κ1) is 22.5.